The van der Waals surface area contributed by atoms with Gasteiger partial charge in [-0.25, -0.2) is 9.98 Å². The van der Waals surface area contributed by atoms with Gasteiger partial charge in [0.25, 0.3) is 0 Å². The summed E-state index contributed by atoms with van der Waals surface area (Å²) in [5, 5.41) is 18.4. The molecule has 0 aliphatic heterocycles. The van der Waals surface area contributed by atoms with E-state index in [2.05, 4.69) is 48.9 Å². The maximum Gasteiger partial charge on any atom is 0.191 e. The van der Waals surface area contributed by atoms with Crippen molar-refractivity contribution in [1.82, 2.24) is 35.6 Å². The second kappa shape index (κ2) is 12.3. The highest BCUT2D eigenvalue weighted by atomic mass is 127. The number of nitrogens with zero attached hydrogens (tertiary/aromatic N) is 5. The highest BCUT2D eigenvalue weighted by Gasteiger charge is 2.07. The van der Waals surface area contributed by atoms with Crippen LogP contribution in [0.2, 0.25) is 0 Å². The molecule has 0 saturated heterocycles. The Hall–Kier alpha value is -2.63. The molecule has 9 nitrogen and oxygen atoms in total. The van der Waals surface area contributed by atoms with E-state index in [0.29, 0.717) is 18.2 Å². The first-order valence-electron chi connectivity index (χ1n) is 10.2. The number of hydrogen-bond acceptors (Lipinski definition) is 5. The number of aromatic amines is 1. The summed E-state index contributed by atoms with van der Waals surface area (Å²) in [4.78, 5) is 9.14. The average Bonchev–Trinajstić information content (AvgIpc) is 3.35. The molecule has 0 unspecified atom stereocenters. The van der Waals surface area contributed by atoms with Crippen LogP contribution in [0, 0.1) is 13.8 Å². The molecule has 0 fully saturated rings. The minimum absolute atomic E-state index is 0. The summed E-state index contributed by atoms with van der Waals surface area (Å²) in [5.41, 5.74) is 3.17. The van der Waals surface area contributed by atoms with E-state index in [-0.39, 0.29) is 24.0 Å². The van der Waals surface area contributed by atoms with Crippen molar-refractivity contribution in [2.24, 2.45) is 4.99 Å². The molecule has 0 aliphatic carbocycles. The molecule has 1 aromatic carbocycles. The largest absolute Gasteiger partial charge is 0.497 e. The predicted octanol–water partition coefficient (Wildman–Crippen LogP) is 3.06. The van der Waals surface area contributed by atoms with Crippen LogP contribution in [0.3, 0.4) is 0 Å². The molecule has 0 atom stereocenters. The molecule has 10 heteroatoms. The number of aliphatic imine (C=N–C) groups is 1. The van der Waals surface area contributed by atoms with Gasteiger partial charge in [-0.05, 0) is 57.5 Å². The number of guanidine groups is 1. The number of halogens is 1. The quantitative estimate of drug-likeness (QED) is 0.168. The van der Waals surface area contributed by atoms with Crippen LogP contribution in [0.4, 0.5) is 0 Å². The lowest BCUT2D eigenvalue weighted by Crippen LogP contribution is -2.38. The number of benzene rings is 1. The molecule has 0 saturated carbocycles. The lowest BCUT2D eigenvalue weighted by Gasteiger charge is -2.11. The van der Waals surface area contributed by atoms with E-state index in [1.807, 2.05) is 42.8 Å². The zero-order chi connectivity index (χ0) is 21.3. The van der Waals surface area contributed by atoms with Crippen molar-refractivity contribution in [3.05, 3.63) is 47.5 Å². The average molecular weight is 538 g/mol. The summed E-state index contributed by atoms with van der Waals surface area (Å²) in [6.45, 7) is 9.02. The Morgan fingerprint density at radius 3 is 2.61 bits per heavy atom. The van der Waals surface area contributed by atoms with Gasteiger partial charge in [0.15, 0.2) is 11.8 Å². The van der Waals surface area contributed by atoms with Crippen molar-refractivity contribution in [3.63, 3.8) is 0 Å². The van der Waals surface area contributed by atoms with Gasteiger partial charge in [-0.1, -0.05) is 0 Å². The number of hydrogen-bond donors (Lipinski definition) is 3. The predicted molar refractivity (Wildman–Crippen MR) is 133 cm³/mol. The number of ether oxygens (including phenoxy) is 1. The summed E-state index contributed by atoms with van der Waals surface area (Å²) in [7, 11) is 1.65. The van der Waals surface area contributed by atoms with Crippen LogP contribution in [-0.4, -0.2) is 51.1 Å². The third kappa shape index (κ3) is 7.23. The third-order valence-electron chi connectivity index (χ3n) is 4.55. The van der Waals surface area contributed by atoms with Gasteiger partial charge in [-0.2, -0.15) is 10.2 Å². The van der Waals surface area contributed by atoms with E-state index < -0.39 is 0 Å². The van der Waals surface area contributed by atoms with Crippen LogP contribution >= 0.6 is 24.0 Å². The molecule has 0 amide bonds. The zero-order valence-electron chi connectivity index (χ0n) is 18.5. The molecule has 31 heavy (non-hydrogen) atoms. The number of aryl methyl sites for hydroxylation is 3. The number of aromatic nitrogens is 5. The zero-order valence-corrected chi connectivity index (χ0v) is 20.8. The Morgan fingerprint density at radius 2 is 1.97 bits per heavy atom. The van der Waals surface area contributed by atoms with Crippen LogP contribution in [0.15, 0.2) is 35.3 Å². The molecule has 168 valence electrons. The van der Waals surface area contributed by atoms with E-state index in [0.717, 1.165) is 49.0 Å². The minimum Gasteiger partial charge on any atom is -0.497 e. The lowest BCUT2D eigenvalue weighted by atomic mass is 10.2. The van der Waals surface area contributed by atoms with Crippen molar-refractivity contribution in [2.45, 2.75) is 40.3 Å². The van der Waals surface area contributed by atoms with Gasteiger partial charge in [0.1, 0.15) is 18.1 Å². The Balaban J connectivity index is 0.00000341. The van der Waals surface area contributed by atoms with Gasteiger partial charge in [-0.3, -0.25) is 9.78 Å². The highest BCUT2D eigenvalue weighted by Crippen LogP contribution is 2.19. The first kappa shape index (κ1) is 24.6. The molecule has 0 spiro atoms. The Bertz CT molecular complexity index is 964. The van der Waals surface area contributed by atoms with E-state index in [1.54, 1.807) is 7.11 Å². The summed E-state index contributed by atoms with van der Waals surface area (Å²) in [5.74, 6) is 2.91. The Kier molecular flexibility index (Phi) is 9.76. The second-order valence-corrected chi connectivity index (χ2v) is 6.96. The van der Waals surface area contributed by atoms with Crippen LogP contribution in [0.5, 0.6) is 5.75 Å². The van der Waals surface area contributed by atoms with E-state index in [9.17, 15) is 0 Å². The monoisotopic (exact) mass is 538 g/mol. The van der Waals surface area contributed by atoms with Gasteiger partial charge >= 0.3 is 0 Å². The molecule has 0 bridgehead atoms. The fourth-order valence-corrected chi connectivity index (χ4v) is 3.07. The summed E-state index contributed by atoms with van der Waals surface area (Å²) < 4.78 is 7.22. The number of nitrogens with one attached hydrogen (secondary N) is 3. The standard InChI is InChI=1S/C21H30N8O.HI/c1-5-22-21(23-11-6-12-29-16(3)13-15(2)28-29)24-14-19-25-20(27-26-19)17-7-9-18(30-4)10-8-17;/h7-10,13H,5-6,11-12,14H2,1-4H3,(H2,22,23,24)(H,25,26,27);1H. The molecule has 3 N–H and O–H groups in total. The van der Waals surface area contributed by atoms with Gasteiger partial charge in [0.2, 0.25) is 0 Å². The molecule has 2 aromatic heterocycles. The summed E-state index contributed by atoms with van der Waals surface area (Å²) in [6.07, 6.45) is 0.955. The van der Waals surface area contributed by atoms with Crippen molar-refractivity contribution >= 4 is 29.9 Å². The first-order chi connectivity index (χ1) is 14.6. The Morgan fingerprint density at radius 1 is 1.19 bits per heavy atom. The van der Waals surface area contributed by atoms with Crippen molar-refractivity contribution < 1.29 is 4.74 Å². The van der Waals surface area contributed by atoms with Crippen LogP contribution < -0.4 is 15.4 Å². The number of rotatable bonds is 9. The third-order valence-corrected chi connectivity index (χ3v) is 4.55. The molecule has 2 heterocycles. The Labute approximate surface area is 200 Å². The van der Waals surface area contributed by atoms with Crippen molar-refractivity contribution in [2.75, 3.05) is 20.2 Å². The molecule has 3 aromatic rings. The fourth-order valence-electron chi connectivity index (χ4n) is 3.07. The van der Waals surface area contributed by atoms with E-state index in [4.69, 9.17) is 4.74 Å². The molecule has 0 aliphatic rings. The highest BCUT2D eigenvalue weighted by molar-refractivity contribution is 14.0. The minimum atomic E-state index is 0. The van der Waals surface area contributed by atoms with Crippen LogP contribution in [0.25, 0.3) is 11.4 Å². The first-order valence-corrected chi connectivity index (χ1v) is 10.2. The number of H-pyrrole nitrogens is 1. The second-order valence-electron chi connectivity index (χ2n) is 6.96. The maximum absolute atomic E-state index is 5.19. The summed E-state index contributed by atoms with van der Waals surface area (Å²) in [6, 6.07) is 9.75. The van der Waals surface area contributed by atoms with Gasteiger partial charge in [0.05, 0.1) is 12.8 Å². The SMILES string of the molecule is CCNC(=NCc1nc(-c2ccc(OC)cc2)n[nH]1)NCCCn1nc(C)cc1C.I. The van der Waals surface area contributed by atoms with E-state index >= 15 is 0 Å². The molecule has 0 radical (unpaired) electrons. The lowest BCUT2D eigenvalue weighted by molar-refractivity contribution is 0.415. The molecule has 3 rings (SSSR count). The molecular weight excluding hydrogens is 507 g/mol. The fraction of sp³-hybridized carbons (Fsp3) is 0.429. The normalized spacial score (nSPS) is 11.2. The van der Waals surface area contributed by atoms with Gasteiger partial charge in [0, 0.05) is 30.9 Å². The maximum atomic E-state index is 5.19. The summed E-state index contributed by atoms with van der Waals surface area (Å²) >= 11 is 0. The smallest absolute Gasteiger partial charge is 0.191 e. The van der Waals surface area contributed by atoms with Crippen molar-refractivity contribution in [1.29, 1.82) is 0 Å². The number of methoxy groups -OCH3 is 1. The van der Waals surface area contributed by atoms with Crippen LogP contribution in [-0.2, 0) is 13.1 Å². The topological polar surface area (TPSA) is 105 Å². The van der Waals surface area contributed by atoms with Gasteiger partial charge in [-0.15, -0.1) is 24.0 Å². The van der Waals surface area contributed by atoms with Gasteiger partial charge < -0.3 is 15.4 Å². The van der Waals surface area contributed by atoms with Crippen LogP contribution in [0.1, 0.15) is 30.6 Å². The molecular formula is C21H31IN8O. The van der Waals surface area contributed by atoms with E-state index in [1.165, 1.54) is 5.69 Å². The van der Waals surface area contributed by atoms with Crippen molar-refractivity contribution in [3.8, 4) is 17.1 Å².